The first-order valence-corrected chi connectivity index (χ1v) is 10.6. The lowest BCUT2D eigenvalue weighted by Crippen LogP contribution is -2.38. The van der Waals surface area contributed by atoms with E-state index in [1.807, 2.05) is 0 Å². The predicted octanol–water partition coefficient (Wildman–Crippen LogP) is 4.78. The van der Waals surface area contributed by atoms with Crippen LogP contribution in [0.4, 0.5) is 4.39 Å². The summed E-state index contributed by atoms with van der Waals surface area (Å²) in [7, 11) is 0. The van der Waals surface area contributed by atoms with Crippen molar-refractivity contribution in [1.29, 1.82) is 0 Å². The van der Waals surface area contributed by atoms with Crippen molar-refractivity contribution >= 4 is 23.5 Å². The van der Waals surface area contributed by atoms with Gasteiger partial charge in [0.05, 0.1) is 5.56 Å². The highest BCUT2D eigenvalue weighted by Gasteiger charge is 2.29. The zero-order valence-electron chi connectivity index (χ0n) is 17.6. The maximum atomic E-state index is 14.1. The number of amides is 1. The molecule has 1 amide bonds. The number of carbonyl (C=O) groups is 2. The smallest absolute Gasteiger partial charge is 0.308 e. The molecule has 3 aromatic rings. The summed E-state index contributed by atoms with van der Waals surface area (Å²) in [5.74, 6) is -0.118. The fourth-order valence-corrected chi connectivity index (χ4v) is 3.95. The molecular formula is C23H21ClFN3O4. The van der Waals surface area contributed by atoms with Gasteiger partial charge in [0.25, 0.3) is 5.91 Å². The SMILES string of the molecule is CC(=O)Oc1cccc(C(=O)N2CCC(c3nc(-c4ccc(Cl)cc4F)no3)CC2)c1C. The number of likely N-dealkylation sites (tertiary alicyclic amines) is 1. The number of halogens is 2. The van der Waals surface area contributed by atoms with Gasteiger partial charge >= 0.3 is 5.97 Å². The van der Waals surface area contributed by atoms with Crippen LogP contribution in [0.5, 0.6) is 5.75 Å². The van der Waals surface area contributed by atoms with E-state index in [-0.39, 0.29) is 23.2 Å². The highest BCUT2D eigenvalue weighted by Crippen LogP contribution is 2.31. The lowest BCUT2D eigenvalue weighted by molar-refractivity contribution is -0.131. The Morgan fingerprint density at radius 1 is 1.22 bits per heavy atom. The normalized spacial score (nSPS) is 14.4. The molecular weight excluding hydrogens is 437 g/mol. The molecule has 32 heavy (non-hydrogen) atoms. The number of nitrogens with zero attached hydrogens (tertiary/aromatic N) is 3. The van der Waals surface area contributed by atoms with E-state index in [4.69, 9.17) is 20.9 Å². The van der Waals surface area contributed by atoms with Gasteiger partial charge in [0, 0.05) is 42.1 Å². The number of hydrogen-bond donors (Lipinski definition) is 0. The van der Waals surface area contributed by atoms with Gasteiger partial charge < -0.3 is 14.2 Å². The molecule has 9 heteroatoms. The third-order valence-corrected chi connectivity index (χ3v) is 5.75. The Kier molecular flexibility index (Phi) is 6.23. The molecule has 1 aliphatic heterocycles. The van der Waals surface area contributed by atoms with Gasteiger partial charge in [-0.1, -0.05) is 22.8 Å². The van der Waals surface area contributed by atoms with E-state index in [1.165, 1.54) is 19.1 Å². The molecule has 0 atom stereocenters. The number of carbonyl (C=O) groups excluding carboxylic acids is 2. The number of ether oxygens (including phenoxy) is 1. The third-order valence-electron chi connectivity index (χ3n) is 5.51. The van der Waals surface area contributed by atoms with Gasteiger partial charge in [-0.2, -0.15) is 4.98 Å². The van der Waals surface area contributed by atoms with Gasteiger partial charge in [0.2, 0.25) is 11.7 Å². The summed E-state index contributed by atoms with van der Waals surface area (Å²) in [6.45, 7) is 4.10. The van der Waals surface area contributed by atoms with E-state index in [0.717, 1.165) is 0 Å². The second-order valence-corrected chi connectivity index (χ2v) is 8.11. The van der Waals surface area contributed by atoms with Crippen LogP contribution < -0.4 is 4.74 Å². The second kappa shape index (κ2) is 9.08. The van der Waals surface area contributed by atoms with E-state index < -0.39 is 11.8 Å². The summed E-state index contributed by atoms with van der Waals surface area (Å²) in [5, 5.41) is 4.20. The Morgan fingerprint density at radius 2 is 1.97 bits per heavy atom. The van der Waals surface area contributed by atoms with E-state index in [1.54, 1.807) is 36.1 Å². The Morgan fingerprint density at radius 3 is 2.66 bits per heavy atom. The molecule has 1 aromatic heterocycles. The van der Waals surface area contributed by atoms with Crippen molar-refractivity contribution in [2.45, 2.75) is 32.6 Å². The second-order valence-electron chi connectivity index (χ2n) is 7.67. The monoisotopic (exact) mass is 457 g/mol. The fraction of sp³-hybridized carbons (Fsp3) is 0.304. The minimum Gasteiger partial charge on any atom is -0.426 e. The first kappa shape index (κ1) is 22.0. The van der Waals surface area contributed by atoms with Crippen LogP contribution in [0, 0.1) is 12.7 Å². The molecule has 0 saturated carbocycles. The molecule has 7 nitrogen and oxygen atoms in total. The van der Waals surface area contributed by atoms with Crippen LogP contribution in [-0.2, 0) is 4.79 Å². The zero-order chi connectivity index (χ0) is 22.8. The Bertz CT molecular complexity index is 1170. The quantitative estimate of drug-likeness (QED) is 0.414. The van der Waals surface area contributed by atoms with Crippen LogP contribution in [0.2, 0.25) is 5.02 Å². The van der Waals surface area contributed by atoms with Crippen LogP contribution in [-0.4, -0.2) is 40.0 Å². The topological polar surface area (TPSA) is 85.5 Å². The highest BCUT2D eigenvalue weighted by molar-refractivity contribution is 6.30. The summed E-state index contributed by atoms with van der Waals surface area (Å²) in [5.41, 5.74) is 1.35. The van der Waals surface area contributed by atoms with Crippen molar-refractivity contribution in [3.63, 3.8) is 0 Å². The maximum absolute atomic E-state index is 14.1. The molecule has 1 saturated heterocycles. The van der Waals surface area contributed by atoms with Gasteiger partial charge in [0.1, 0.15) is 11.6 Å². The van der Waals surface area contributed by atoms with Crippen LogP contribution in [0.25, 0.3) is 11.4 Å². The summed E-state index contributed by atoms with van der Waals surface area (Å²) in [6.07, 6.45) is 1.28. The van der Waals surface area contributed by atoms with E-state index >= 15 is 0 Å². The van der Waals surface area contributed by atoms with Gasteiger partial charge in [0.15, 0.2) is 0 Å². The number of esters is 1. The zero-order valence-corrected chi connectivity index (χ0v) is 18.4. The van der Waals surface area contributed by atoms with E-state index in [9.17, 15) is 14.0 Å². The van der Waals surface area contributed by atoms with E-state index in [2.05, 4.69) is 10.1 Å². The number of piperidine rings is 1. The van der Waals surface area contributed by atoms with Crippen molar-refractivity contribution in [2.24, 2.45) is 0 Å². The summed E-state index contributed by atoms with van der Waals surface area (Å²) < 4.78 is 24.7. The highest BCUT2D eigenvalue weighted by atomic mass is 35.5. The van der Waals surface area contributed by atoms with E-state index in [0.29, 0.717) is 53.7 Å². The standard InChI is InChI=1S/C23H21ClFN3O4/c1-13-17(4-3-5-20(13)31-14(2)29)23(30)28-10-8-15(9-11-28)22-26-21(27-32-22)18-7-6-16(24)12-19(18)25/h3-7,12,15H,8-11H2,1-2H3. The molecule has 0 aliphatic carbocycles. The van der Waals surface area contributed by atoms with Crippen molar-refractivity contribution < 1.29 is 23.2 Å². The largest absolute Gasteiger partial charge is 0.426 e. The molecule has 166 valence electrons. The van der Waals surface area contributed by atoms with Gasteiger partial charge in [-0.15, -0.1) is 0 Å². The Balaban J connectivity index is 1.43. The van der Waals surface area contributed by atoms with Gasteiger partial charge in [-0.05, 0) is 50.1 Å². The predicted molar refractivity (Wildman–Crippen MR) is 115 cm³/mol. The molecule has 0 spiro atoms. The van der Waals surface area contributed by atoms with Crippen molar-refractivity contribution in [1.82, 2.24) is 15.0 Å². The first-order valence-electron chi connectivity index (χ1n) is 10.2. The summed E-state index contributed by atoms with van der Waals surface area (Å²) >= 11 is 5.80. The van der Waals surface area contributed by atoms with Gasteiger partial charge in [-0.25, -0.2) is 4.39 Å². The van der Waals surface area contributed by atoms with Crippen molar-refractivity contribution in [2.75, 3.05) is 13.1 Å². The first-order chi connectivity index (χ1) is 15.3. The maximum Gasteiger partial charge on any atom is 0.308 e. The molecule has 4 rings (SSSR count). The molecule has 1 fully saturated rings. The molecule has 0 N–H and O–H groups in total. The average molecular weight is 458 g/mol. The summed E-state index contributed by atoms with van der Waals surface area (Å²) in [4.78, 5) is 30.4. The minimum atomic E-state index is -0.517. The minimum absolute atomic E-state index is 0.0239. The molecule has 0 unspecified atom stereocenters. The average Bonchev–Trinajstić information content (AvgIpc) is 3.24. The van der Waals surface area contributed by atoms with Gasteiger partial charge in [-0.3, -0.25) is 9.59 Å². The van der Waals surface area contributed by atoms with Crippen LogP contribution in [0.15, 0.2) is 40.9 Å². The molecule has 0 radical (unpaired) electrons. The Hall–Kier alpha value is -3.26. The molecule has 1 aliphatic rings. The van der Waals surface area contributed by atoms with Crippen LogP contribution in [0.3, 0.4) is 0 Å². The van der Waals surface area contributed by atoms with Crippen LogP contribution in [0.1, 0.15) is 47.5 Å². The number of aromatic nitrogens is 2. The van der Waals surface area contributed by atoms with Crippen molar-refractivity contribution in [3.8, 4) is 17.1 Å². The molecule has 2 aromatic carbocycles. The molecule has 0 bridgehead atoms. The lowest BCUT2D eigenvalue weighted by Gasteiger charge is -2.31. The third kappa shape index (κ3) is 4.50. The Labute approximate surface area is 189 Å². The molecule has 2 heterocycles. The number of rotatable bonds is 4. The summed E-state index contributed by atoms with van der Waals surface area (Å²) in [6, 6.07) is 9.37. The van der Waals surface area contributed by atoms with Crippen molar-refractivity contribution in [3.05, 3.63) is 64.3 Å². The van der Waals surface area contributed by atoms with Crippen LogP contribution >= 0.6 is 11.6 Å². The number of hydrogen-bond acceptors (Lipinski definition) is 6. The fourth-order valence-electron chi connectivity index (χ4n) is 3.79. The number of benzene rings is 2. The lowest BCUT2D eigenvalue weighted by atomic mass is 9.95.